The van der Waals surface area contributed by atoms with Crippen LogP contribution in [0.5, 0.6) is 0 Å². The van der Waals surface area contributed by atoms with Crippen LogP contribution in [0.3, 0.4) is 0 Å². The van der Waals surface area contributed by atoms with Crippen molar-refractivity contribution in [3.8, 4) is 0 Å². The van der Waals surface area contributed by atoms with Gasteiger partial charge in [-0.25, -0.2) is 0 Å². The largest absolute Gasteiger partial charge is 0.301 e. The summed E-state index contributed by atoms with van der Waals surface area (Å²) in [5.74, 6) is 0.864. The molecule has 0 spiro atoms. The molecule has 1 saturated heterocycles. The summed E-state index contributed by atoms with van der Waals surface area (Å²) in [5, 5.41) is 0.933. The van der Waals surface area contributed by atoms with Gasteiger partial charge < -0.3 is 4.90 Å². The van der Waals surface area contributed by atoms with E-state index in [1.54, 1.807) is 0 Å². The highest BCUT2D eigenvalue weighted by atomic mass is 32.2. The second kappa shape index (κ2) is 4.36. The Morgan fingerprint density at radius 1 is 1.45 bits per heavy atom. The van der Waals surface area contributed by atoms with Gasteiger partial charge in [-0.3, -0.25) is 0 Å². The molecule has 1 fully saturated rings. The molecular weight excluding hydrogens is 154 g/mol. The lowest BCUT2D eigenvalue weighted by Gasteiger charge is -2.38. The monoisotopic (exact) mass is 173 g/mol. The number of rotatable bonds is 4. The molecule has 0 unspecified atom stereocenters. The highest BCUT2D eigenvalue weighted by Gasteiger charge is 2.24. The maximum atomic E-state index is 2.56. The molecule has 0 bridgehead atoms. The molecule has 0 N–H and O–H groups in total. The molecule has 1 rings (SSSR count). The first-order valence-corrected chi connectivity index (χ1v) is 5.76. The zero-order valence-electron chi connectivity index (χ0n) is 7.84. The zero-order valence-corrected chi connectivity index (χ0v) is 8.66. The van der Waals surface area contributed by atoms with Crippen LogP contribution in [0.2, 0.25) is 0 Å². The highest BCUT2D eigenvalue weighted by molar-refractivity contribution is 7.99. The fourth-order valence-corrected chi connectivity index (χ4v) is 2.01. The molecule has 1 aliphatic heterocycles. The third-order valence-corrected chi connectivity index (χ3v) is 3.24. The Bertz CT molecular complexity index is 108. The summed E-state index contributed by atoms with van der Waals surface area (Å²) in [7, 11) is 0. The van der Waals surface area contributed by atoms with Gasteiger partial charge in [0.25, 0.3) is 0 Å². The molecule has 0 atom stereocenters. The summed E-state index contributed by atoms with van der Waals surface area (Å²) >= 11 is 2.01. The van der Waals surface area contributed by atoms with E-state index in [4.69, 9.17) is 0 Å². The van der Waals surface area contributed by atoms with Gasteiger partial charge in [-0.1, -0.05) is 13.8 Å². The smallest absolute Gasteiger partial charge is 0.0299 e. The van der Waals surface area contributed by atoms with Crippen LogP contribution in [-0.2, 0) is 0 Å². The summed E-state index contributed by atoms with van der Waals surface area (Å²) in [4.78, 5) is 2.56. The van der Waals surface area contributed by atoms with E-state index in [0.717, 1.165) is 11.2 Å². The Labute approximate surface area is 74.5 Å². The van der Waals surface area contributed by atoms with Crippen molar-refractivity contribution in [3.63, 3.8) is 0 Å². The van der Waals surface area contributed by atoms with Crippen LogP contribution in [0, 0.1) is 5.92 Å². The minimum absolute atomic E-state index is 0.864. The van der Waals surface area contributed by atoms with E-state index >= 15 is 0 Å². The number of thioether (sulfide) groups is 1. The van der Waals surface area contributed by atoms with Crippen molar-refractivity contribution < 1.29 is 0 Å². The predicted octanol–water partition coefficient (Wildman–Crippen LogP) is 2.08. The van der Waals surface area contributed by atoms with Crippen LogP contribution in [0.15, 0.2) is 0 Å². The normalized spacial score (nSPS) is 20.7. The van der Waals surface area contributed by atoms with Crippen LogP contribution >= 0.6 is 11.8 Å². The minimum atomic E-state index is 0.864. The minimum Gasteiger partial charge on any atom is -0.301 e. The molecule has 2 heteroatoms. The number of hydrogen-bond acceptors (Lipinski definition) is 2. The summed E-state index contributed by atoms with van der Waals surface area (Å²) < 4.78 is 0. The number of hydrogen-bond donors (Lipinski definition) is 0. The summed E-state index contributed by atoms with van der Waals surface area (Å²) in [5.41, 5.74) is 0. The fraction of sp³-hybridized carbons (Fsp3) is 1.00. The van der Waals surface area contributed by atoms with E-state index in [9.17, 15) is 0 Å². The molecular formula is C9H19NS. The molecule has 1 nitrogen and oxygen atoms in total. The third-order valence-electron chi connectivity index (χ3n) is 2.28. The molecule has 11 heavy (non-hydrogen) atoms. The van der Waals surface area contributed by atoms with Crippen molar-refractivity contribution in [1.29, 1.82) is 0 Å². The Kier molecular flexibility index (Phi) is 3.73. The maximum absolute atomic E-state index is 2.56. The Morgan fingerprint density at radius 2 is 2.09 bits per heavy atom. The van der Waals surface area contributed by atoms with E-state index in [-0.39, 0.29) is 0 Å². The van der Waals surface area contributed by atoms with Crippen molar-refractivity contribution in [2.75, 3.05) is 25.9 Å². The lowest BCUT2D eigenvalue weighted by molar-refractivity contribution is 0.181. The average molecular weight is 173 g/mol. The van der Waals surface area contributed by atoms with E-state index in [0.29, 0.717) is 0 Å². The van der Waals surface area contributed by atoms with Gasteiger partial charge in [-0.2, -0.15) is 11.8 Å². The first-order chi connectivity index (χ1) is 5.22. The molecule has 0 radical (unpaired) electrons. The number of likely N-dealkylation sites (tertiary alicyclic amines) is 1. The first-order valence-electron chi connectivity index (χ1n) is 4.47. The maximum Gasteiger partial charge on any atom is 0.0299 e. The highest BCUT2D eigenvalue weighted by Crippen LogP contribution is 2.20. The summed E-state index contributed by atoms with van der Waals surface area (Å²) in [6.07, 6.45) is 3.57. The second-order valence-electron chi connectivity index (χ2n) is 3.80. The van der Waals surface area contributed by atoms with Crippen molar-refractivity contribution in [1.82, 2.24) is 4.90 Å². The van der Waals surface area contributed by atoms with Gasteiger partial charge in [0.1, 0.15) is 0 Å². The first kappa shape index (κ1) is 9.40. The lowest BCUT2D eigenvalue weighted by Crippen LogP contribution is -2.49. The van der Waals surface area contributed by atoms with E-state index in [1.807, 2.05) is 11.8 Å². The zero-order chi connectivity index (χ0) is 8.27. The Morgan fingerprint density at radius 3 is 2.55 bits per heavy atom. The van der Waals surface area contributed by atoms with Crippen molar-refractivity contribution >= 4 is 11.8 Å². The molecule has 0 aromatic carbocycles. The van der Waals surface area contributed by atoms with Gasteiger partial charge >= 0.3 is 0 Å². The van der Waals surface area contributed by atoms with Crippen LogP contribution < -0.4 is 0 Å². The van der Waals surface area contributed by atoms with Crippen LogP contribution in [0.4, 0.5) is 0 Å². The molecule has 0 aromatic rings. The fourth-order valence-electron chi connectivity index (χ4n) is 1.29. The SMILES string of the molecule is CSC1CN(CCC(C)C)C1. The van der Waals surface area contributed by atoms with Crippen molar-refractivity contribution in [2.45, 2.75) is 25.5 Å². The van der Waals surface area contributed by atoms with E-state index in [2.05, 4.69) is 25.0 Å². The van der Waals surface area contributed by atoms with Gasteiger partial charge in [0.2, 0.25) is 0 Å². The molecule has 1 heterocycles. The second-order valence-corrected chi connectivity index (χ2v) is 4.94. The molecule has 0 aromatic heterocycles. The van der Waals surface area contributed by atoms with Crippen LogP contribution in [0.1, 0.15) is 20.3 Å². The topological polar surface area (TPSA) is 3.24 Å². The predicted molar refractivity (Wildman–Crippen MR) is 53.2 cm³/mol. The van der Waals surface area contributed by atoms with Gasteiger partial charge in [0.15, 0.2) is 0 Å². The van der Waals surface area contributed by atoms with Crippen molar-refractivity contribution in [3.05, 3.63) is 0 Å². The number of nitrogens with zero attached hydrogens (tertiary/aromatic N) is 1. The van der Waals surface area contributed by atoms with Gasteiger partial charge in [-0.15, -0.1) is 0 Å². The molecule has 0 saturated carbocycles. The Balaban J connectivity index is 1.96. The molecule has 66 valence electrons. The lowest BCUT2D eigenvalue weighted by atomic mass is 10.1. The quantitative estimate of drug-likeness (QED) is 0.640. The molecule has 1 aliphatic rings. The van der Waals surface area contributed by atoms with E-state index in [1.165, 1.54) is 26.1 Å². The Hall–Kier alpha value is 0.310. The van der Waals surface area contributed by atoms with Gasteiger partial charge in [0, 0.05) is 18.3 Å². The summed E-state index contributed by atoms with van der Waals surface area (Å²) in [6, 6.07) is 0. The van der Waals surface area contributed by atoms with Gasteiger partial charge in [-0.05, 0) is 25.1 Å². The molecule has 0 amide bonds. The van der Waals surface area contributed by atoms with Crippen molar-refractivity contribution in [2.24, 2.45) is 5.92 Å². The third kappa shape index (κ3) is 3.04. The van der Waals surface area contributed by atoms with Gasteiger partial charge in [0.05, 0.1) is 0 Å². The average Bonchev–Trinajstić information content (AvgIpc) is 1.84. The standard InChI is InChI=1S/C9H19NS/c1-8(2)4-5-10-6-9(7-10)11-3/h8-9H,4-7H2,1-3H3. The van der Waals surface area contributed by atoms with Crippen LogP contribution in [-0.4, -0.2) is 36.0 Å². The molecule has 0 aliphatic carbocycles. The summed E-state index contributed by atoms with van der Waals surface area (Å²) in [6.45, 7) is 8.56. The van der Waals surface area contributed by atoms with E-state index < -0.39 is 0 Å². The van der Waals surface area contributed by atoms with Crippen LogP contribution in [0.25, 0.3) is 0 Å².